The summed E-state index contributed by atoms with van der Waals surface area (Å²) in [5, 5.41) is 21.9. The minimum absolute atomic E-state index is 0.110. The first-order valence-electron chi connectivity index (χ1n) is 23.2. The Kier molecular flexibility index (Phi) is 42.7. The highest BCUT2D eigenvalue weighted by molar-refractivity contribution is 5.76. The van der Waals surface area contributed by atoms with Crippen LogP contribution in [-0.2, 0) is 14.4 Å². The maximum Gasteiger partial charge on any atom is 0.304 e. The first kappa shape index (κ1) is 52.8. The molecule has 0 heterocycles. The van der Waals surface area contributed by atoms with Crippen LogP contribution < -0.4 is 21.3 Å². The van der Waals surface area contributed by atoms with Crippen LogP contribution in [0.3, 0.4) is 0 Å². The summed E-state index contributed by atoms with van der Waals surface area (Å²) < 4.78 is 0. The molecule has 55 heavy (non-hydrogen) atoms. The Labute approximate surface area is 339 Å². The highest BCUT2D eigenvalue weighted by atomic mass is 16.4. The lowest BCUT2D eigenvalue weighted by molar-refractivity contribution is -0.137. The molecule has 9 nitrogen and oxygen atoms in total. The number of hydrogen-bond acceptors (Lipinski definition) is 6. The Morgan fingerprint density at radius 3 is 1.13 bits per heavy atom. The van der Waals surface area contributed by atoms with Crippen molar-refractivity contribution in [3.8, 4) is 0 Å². The van der Waals surface area contributed by atoms with Gasteiger partial charge in [0.1, 0.15) is 0 Å². The summed E-state index contributed by atoms with van der Waals surface area (Å²) >= 11 is 0. The van der Waals surface area contributed by atoms with Crippen molar-refractivity contribution in [3.05, 3.63) is 24.3 Å². The van der Waals surface area contributed by atoms with Gasteiger partial charge in [-0.05, 0) is 64.2 Å². The molecule has 0 radical (unpaired) electrons. The molecule has 0 saturated heterocycles. The number of nitrogens with zero attached hydrogens (tertiary/aromatic N) is 1. The average molecular weight is 776 g/mol. The highest BCUT2D eigenvalue weighted by Gasteiger charge is 2.08. The van der Waals surface area contributed by atoms with Crippen LogP contribution in [0.15, 0.2) is 24.3 Å². The molecule has 0 rings (SSSR count). The molecule has 0 aromatic rings. The molecule has 0 fully saturated rings. The summed E-state index contributed by atoms with van der Waals surface area (Å²) in [4.78, 5) is 37.7. The van der Waals surface area contributed by atoms with Gasteiger partial charge in [0.15, 0.2) is 0 Å². The number of carboxylic acid groups (broad SMARTS) is 1. The zero-order valence-electron chi connectivity index (χ0n) is 36.1. The quantitative estimate of drug-likeness (QED) is 0.0309. The summed E-state index contributed by atoms with van der Waals surface area (Å²) in [6.07, 6.45) is 41.9. The molecule has 322 valence electrons. The van der Waals surface area contributed by atoms with Crippen molar-refractivity contribution in [2.24, 2.45) is 0 Å². The van der Waals surface area contributed by atoms with Gasteiger partial charge in [0, 0.05) is 71.7 Å². The van der Waals surface area contributed by atoms with Gasteiger partial charge >= 0.3 is 5.97 Å². The molecule has 9 heteroatoms. The summed E-state index contributed by atoms with van der Waals surface area (Å²) in [5.74, 6) is -0.548. The number of unbranched alkanes of at least 4 members (excludes halogenated alkanes) is 21. The van der Waals surface area contributed by atoms with Gasteiger partial charge in [-0.25, -0.2) is 0 Å². The Morgan fingerprint density at radius 2 is 0.764 bits per heavy atom. The van der Waals surface area contributed by atoms with Gasteiger partial charge in [-0.3, -0.25) is 14.4 Å². The molecule has 5 N–H and O–H groups in total. The smallest absolute Gasteiger partial charge is 0.304 e. The topological polar surface area (TPSA) is 123 Å². The van der Waals surface area contributed by atoms with E-state index in [4.69, 9.17) is 5.11 Å². The average Bonchev–Trinajstić information content (AvgIpc) is 3.17. The summed E-state index contributed by atoms with van der Waals surface area (Å²) in [5.41, 5.74) is 0. The fourth-order valence-corrected chi connectivity index (χ4v) is 6.61. The number of aliphatic carboxylic acids is 1. The van der Waals surface area contributed by atoms with Gasteiger partial charge in [0.2, 0.25) is 11.8 Å². The summed E-state index contributed by atoms with van der Waals surface area (Å²) in [7, 11) is 0. The van der Waals surface area contributed by atoms with E-state index >= 15 is 0 Å². The van der Waals surface area contributed by atoms with Crippen LogP contribution in [0.2, 0.25) is 0 Å². The predicted molar refractivity (Wildman–Crippen MR) is 235 cm³/mol. The van der Waals surface area contributed by atoms with Crippen LogP contribution in [-0.4, -0.2) is 86.7 Å². The van der Waals surface area contributed by atoms with E-state index < -0.39 is 5.97 Å². The zero-order chi connectivity index (χ0) is 40.1. The van der Waals surface area contributed by atoms with Gasteiger partial charge in [-0.15, -0.1) is 0 Å². The van der Waals surface area contributed by atoms with Crippen LogP contribution >= 0.6 is 0 Å². The standard InChI is InChI=1S/C46H89N5O4/c1-3-5-7-9-11-13-15-17-19-21-23-25-27-29-31-33-45(53)50-38-36-48-40-43-51(41-34-46(54)55)42-39-47-35-37-49-44(52)32-30-28-26-24-22-20-18-16-14-12-10-8-6-4-2/h16-19,47-48H,3-15,20-43H2,1-2H3,(H,49,52)(H,50,53)(H,54,55)/b18-16+,19-17+. The van der Waals surface area contributed by atoms with Crippen LogP contribution in [0.4, 0.5) is 0 Å². The molecule has 0 aliphatic carbocycles. The second-order valence-corrected chi connectivity index (χ2v) is 15.5. The minimum Gasteiger partial charge on any atom is -0.481 e. The Morgan fingerprint density at radius 1 is 0.418 bits per heavy atom. The number of hydrogen-bond donors (Lipinski definition) is 5. The van der Waals surface area contributed by atoms with Crippen molar-refractivity contribution in [3.63, 3.8) is 0 Å². The molecular weight excluding hydrogens is 687 g/mol. The largest absolute Gasteiger partial charge is 0.481 e. The molecule has 2 amide bonds. The van der Waals surface area contributed by atoms with Gasteiger partial charge in [0.05, 0.1) is 6.42 Å². The molecule has 0 bridgehead atoms. The molecule has 0 saturated carbocycles. The highest BCUT2D eigenvalue weighted by Crippen LogP contribution is 2.11. The molecular formula is C46H89N5O4. The SMILES string of the molecule is CCCCCCC/C=C/CCCCCCCC(=O)NCCNCCN(CCNCCNC(=O)CCCCCCC/C=C/CCCCCCCC)CCC(=O)O. The monoisotopic (exact) mass is 776 g/mol. The van der Waals surface area contributed by atoms with Crippen molar-refractivity contribution < 1.29 is 19.5 Å². The van der Waals surface area contributed by atoms with Crippen LogP contribution in [0.1, 0.15) is 194 Å². The number of nitrogens with one attached hydrogen (secondary N) is 4. The van der Waals surface area contributed by atoms with Crippen molar-refractivity contribution in [1.82, 2.24) is 26.2 Å². The number of carbonyl (C=O) groups is 3. The Hall–Kier alpha value is -2.23. The maximum absolute atomic E-state index is 12.2. The molecule has 0 atom stereocenters. The van der Waals surface area contributed by atoms with E-state index in [0.29, 0.717) is 45.6 Å². The summed E-state index contributed by atoms with van der Waals surface area (Å²) in [6.45, 7) is 10.6. The zero-order valence-corrected chi connectivity index (χ0v) is 36.1. The lowest BCUT2D eigenvalue weighted by atomic mass is 10.1. The Bertz CT molecular complexity index is 913. The fraction of sp³-hybridized carbons (Fsp3) is 0.848. The van der Waals surface area contributed by atoms with E-state index in [1.54, 1.807) is 0 Å². The van der Waals surface area contributed by atoms with Crippen LogP contribution in [0, 0.1) is 0 Å². The molecule has 0 aromatic heterocycles. The van der Waals surface area contributed by atoms with Crippen molar-refractivity contribution >= 4 is 17.8 Å². The number of carbonyl (C=O) groups excluding carboxylic acids is 2. The normalized spacial score (nSPS) is 11.7. The molecule has 0 spiro atoms. The second-order valence-electron chi connectivity index (χ2n) is 15.5. The number of carboxylic acids is 1. The summed E-state index contributed by atoms with van der Waals surface area (Å²) in [6, 6.07) is 0. The lowest BCUT2D eigenvalue weighted by Crippen LogP contribution is -2.41. The fourth-order valence-electron chi connectivity index (χ4n) is 6.61. The minimum atomic E-state index is -0.793. The van der Waals surface area contributed by atoms with E-state index in [0.717, 1.165) is 51.9 Å². The molecule has 0 aromatic carbocycles. The number of rotatable bonds is 44. The first-order valence-corrected chi connectivity index (χ1v) is 23.2. The second kappa shape index (κ2) is 44.5. The van der Waals surface area contributed by atoms with Crippen LogP contribution in [0.5, 0.6) is 0 Å². The number of amides is 2. The van der Waals surface area contributed by atoms with E-state index in [-0.39, 0.29) is 18.2 Å². The number of allylic oxidation sites excluding steroid dienone is 4. The third kappa shape index (κ3) is 44.4. The molecule has 0 aliphatic rings. The first-order chi connectivity index (χ1) is 27.0. The van der Waals surface area contributed by atoms with E-state index in [1.807, 2.05) is 0 Å². The van der Waals surface area contributed by atoms with Crippen molar-refractivity contribution in [2.45, 2.75) is 194 Å². The van der Waals surface area contributed by atoms with Gasteiger partial charge in [-0.1, -0.05) is 134 Å². The van der Waals surface area contributed by atoms with E-state index in [1.165, 1.54) is 135 Å². The van der Waals surface area contributed by atoms with Crippen LogP contribution in [0.25, 0.3) is 0 Å². The van der Waals surface area contributed by atoms with Gasteiger partial charge in [-0.2, -0.15) is 0 Å². The van der Waals surface area contributed by atoms with Crippen molar-refractivity contribution in [2.75, 3.05) is 58.9 Å². The molecule has 0 unspecified atom stereocenters. The Balaban J connectivity index is 3.72. The third-order valence-electron chi connectivity index (χ3n) is 10.2. The van der Waals surface area contributed by atoms with Crippen molar-refractivity contribution in [1.29, 1.82) is 0 Å². The maximum atomic E-state index is 12.2. The molecule has 0 aliphatic heterocycles. The lowest BCUT2D eigenvalue weighted by Gasteiger charge is -2.22. The van der Waals surface area contributed by atoms with E-state index in [9.17, 15) is 14.4 Å². The van der Waals surface area contributed by atoms with E-state index in [2.05, 4.69) is 64.3 Å². The van der Waals surface area contributed by atoms with Gasteiger partial charge in [0.25, 0.3) is 0 Å². The predicted octanol–water partition coefficient (Wildman–Crippen LogP) is 9.86. The third-order valence-corrected chi connectivity index (χ3v) is 10.2. The van der Waals surface area contributed by atoms with Gasteiger partial charge < -0.3 is 31.3 Å².